The molecule has 25 heavy (non-hydrogen) atoms. The second-order valence-corrected chi connectivity index (χ2v) is 8.02. The summed E-state index contributed by atoms with van der Waals surface area (Å²) in [6.07, 6.45) is 1.73. The van der Waals surface area contributed by atoms with Gasteiger partial charge in [-0.3, -0.25) is 4.79 Å². The molecular weight excluding hydrogens is 350 g/mol. The van der Waals surface area contributed by atoms with Crippen LogP contribution in [0.15, 0.2) is 60.0 Å². The fourth-order valence-electron chi connectivity index (χ4n) is 2.60. The molecule has 2 N–H and O–H groups in total. The van der Waals surface area contributed by atoms with E-state index in [9.17, 15) is 9.90 Å². The minimum Gasteiger partial charge on any atom is -0.382 e. The van der Waals surface area contributed by atoms with Crippen molar-refractivity contribution in [1.29, 1.82) is 0 Å². The summed E-state index contributed by atoms with van der Waals surface area (Å²) in [6, 6.07) is 18.0. The van der Waals surface area contributed by atoms with Gasteiger partial charge in [0.25, 0.3) is 0 Å². The third kappa shape index (κ3) is 5.26. The highest BCUT2D eigenvalue weighted by Crippen LogP contribution is 2.30. The molecule has 0 spiro atoms. The summed E-state index contributed by atoms with van der Waals surface area (Å²) in [6.45, 7) is 0.520. The van der Waals surface area contributed by atoms with Gasteiger partial charge in [-0.05, 0) is 42.0 Å². The second-order valence-electron chi connectivity index (χ2n) is 5.84. The minimum atomic E-state index is -0.569. The summed E-state index contributed by atoms with van der Waals surface area (Å²) in [7, 11) is 0. The number of nitrogens with one attached hydrogen (secondary N) is 1. The van der Waals surface area contributed by atoms with Crippen LogP contribution in [-0.4, -0.2) is 11.0 Å². The Morgan fingerprint density at radius 2 is 1.88 bits per heavy atom. The zero-order valence-electron chi connectivity index (χ0n) is 13.9. The Labute approximate surface area is 156 Å². The van der Waals surface area contributed by atoms with Crippen molar-refractivity contribution in [3.63, 3.8) is 0 Å². The molecule has 0 fully saturated rings. The maximum Gasteiger partial charge on any atom is 0.220 e. The Morgan fingerprint density at radius 3 is 2.64 bits per heavy atom. The number of benzene rings is 1. The van der Waals surface area contributed by atoms with E-state index in [-0.39, 0.29) is 5.91 Å². The lowest BCUT2D eigenvalue weighted by atomic mass is 10.1. The molecule has 0 aliphatic rings. The molecule has 0 bridgehead atoms. The Hall–Kier alpha value is -1.95. The molecule has 0 radical (unpaired) electrons. The largest absolute Gasteiger partial charge is 0.382 e. The van der Waals surface area contributed by atoms with E-state index in [1.807, 2.05) is 47.8 Å². The summed E-state index contributed by atoms with van der Waals surface area (Å²) in [5.41, 5.74) is 1.26. The number of amides is 1. The Bertz CT molecular complexity index is 781. The van der Waals surface area contributed by atoms with E-state index in [4.69, 9.17) is 0 Å². The zero-order chi connectivity index (χ0) is 17.5. The van der Waals surface area contributed by atoms with E-state index >= 15 is 0 Å². The molecule has 3 aromatic rings. The van der Waals surface area contributed by atoms with Gasteiger partial charge in [-0.15, -0.1) is 22.7 Å². The molecule has 0 saturated heterocycles. The summed E-state index contributed by atoms with van der Waals surface area (Å²) in [4.78, 5) is 14.9. The lowest BCUT2D eigenvalue weighted by Gasteiger charge is -2.06. The van der Waals surface area contributed by atoms with E-state index < -0.39 is 6.10 Å². The first kappa shape index (κ1) is 17.9. The third-order valence-electron chi connectivity index (χ3n) is 3.94. The second kappa shape index (κ2) is 8.94. The van der Waals surface area contributed by atoms with Crippen LogP contribution in [0.25, 0.3) is 0 Å². The highest BCUT2D eigenvalue weighted by atomic mass is 32.1. The number of aryl methyl sites for hydroxylation is 1. The quantitative estimate of drug-likeness (QED) is 0.611. The number of hydrogen-bond donors (Lipinski definition) is 2. The maximum atomic E-state index is 12.0. The number of rotatable bonds is 8. The van der Waals surface area contributed by atoms with Crippen LogP contribution in [0.3, 0.4) is 0 Å². The van der Waals surface area contributed by atoms with Crippen molar-refractivity contribution < 1.29 is 9.90 Å². The summed E-state index contributed by atoms with van der Waals surface area (Å²) >= 11 is 3.09. The monoisotopic (exact) mass is 371 g/mol. The Balaban J connectivity index is 1.42. The average molecular weight is 372 g/mol. The molecule has 0 unspecified atom stereocenters. The summed E-state index contributed by atoms with van der Waals surface area (Å²) in [5.74, 6) is 0.0738. The first-order chi connectivity index (χ1) is 12.2. The van der Waals surface area contributed by atoms with Gasteiger partial charge in [-0.2, -0.15) is 0 Å². The van der Waals surface area contributed by atoms with Crippen LogP contribution >= 0.6 is 22.7 Å². The van der Waals surface area contributed by atoms with Crippen LogP contribution in [0.2, 0.25) is 0 Å². The first-order valence-corrected chi connectivity index (χ1v) is 10.0. The molecule has 2 aromatic heterocycles. The van der Waals surface area contributed by atoms with E-state index in [0.717, 1.165) is 27.5 Å². The number of aliphatic hydroxyl groups excluding tert-OH is 1. The molecule has 130 valence electrons. The average Bonchev–Trinajstić information content (AvgIpc) is 3.32. The van der Waals surface area contributed by atoms with E-state index in [0.29, 0.717) is 13.0 Å². The maximum absolute atomic E-state index is 12.0. The third-order valence-corrected chi connectivity index (χ3v) is 6.00. The van der Waals surface area contributed by atoms with Crippen molar-refractivity contribution in [3.05, 3.63) is 80.2 Å². The van der Waals surface area contributed by atoms with Crippen molar-refractivity contribution in [1.82, 2.24) is 5.32 Å². The standard InChI is InChI=1S/C20H21NO2S2/c22-19(10-4-8-15-6-2-1-3-7-15)21-14-16-11-12-18(25-16)20(23)17-9-5-13-24-17/h1-3,5-7,9,11-13,20,23H,4,8,10,14H2,(H,21,22)/t20-/m0/s1. The predicted octanol–water partition coefficient (Wildman–Crippen LogP) is 4.53. The predicted molar refractivity (Wildman–Crippen MR) is 104 cm³/mol. The SMILES string of the molecule is O=C(CCCc1ccccc1)NCc1ccc([C@@H](O)c2cccs2)s1. The number of thiophene rings is 2. The van der Waals surface area contributed by atoms with Crippen molar-refractivity contribution in [2.75, 3.05) is 0 Å². The number of carbonyl (C=O) groups is 1. The van der Waals surface area contributed by atoms with Gasteiger partial charge < -0.3 is 10.4 Å². The van der Waals surface area contributed by atoms with Crippen LogP contribution in [0.5, 0.6) is 0 Å². The van der Waals surface area contributed by atoms with Gasteiger partial charge in [0.2, 0.25) is 5.91 Å². The van der Waals surface area contributed by atoms with E-state index in [2.05, 4.69) is 17.4 Å². The van der Waals surface area contributed by atoms with Gasteiger partial charge in [-0.25, -0.2) is 0 Å². The number of aliphatic hydroxyl groups is 1. The van der Waals surface area contributed by atoms with Gasteiger partial charge in [0.15, 0.2) is 0 Å². The molecule has 1 aromatic carbocycles. The normalized spacial score (nSPS) is 12.0. The van der Waals surface area contributed by atoms with Gasteiger partial charge in [-0.1, -0.05) is 36.4 Å². The Kier molecular flexibility index (Phi) is 6.39. The van der Waals surface area contributed by atoms with Crippen LogP contribution in [-0.2, 0) is 17.8 Å². The smallest absolute Gasteiger partial charge is 0.220 e. The van der Waals surface area contributed by atoms with Gasteiger partial charge in [0.05, 0.1) is 6.54 Å². The fourth-order valence-corrected chi connectivity index (χ4v) is 4.36. The van der Waals surface area contributed by atoms with E-state index in [1.54, 1.807) is 22.7 Å². The van der Waals surface area contributed by atoms with Gasteiger partial charge in [0.1, 0.15) is 6.10 Å². The molecule has 0 aliphatic carbocycles. The zero-order valence-corrected chi connectivity index (χ0v) is 15.5. The van der Waals surface area contributed by atoms with Crippen molar-refractivity contribution in [2.45, 2.75) is 31.9 Å². The highest BCUT2D eigenvalue weighted by Gasteiger charge is 2.14. The van der Waals surface area contributed by atoms with Crippen LogP contribution in [0.1, 0.15) is 39.1 Å². The van der Waals surface area contributed by atoms with Gasteiger partial charge >= 0.3 is 0 Å². The van der Waals surface area contributed by atoms with Crippen molar-refractivity contribution >= 4 is 28.6 Å². The van der Waals surface area contributed by atoms with Crippen molar-refractivity contribution in [3.8, 4) is 0 Å². The topological polar surface area (TPSA) is 49.3 Å². The number of hydrogen-bond acceptors (Lipinski definition) is 4. The van der Waals surface area contributed by atoms with Gasteiger partial charge in [0, 0.05) is 21.1 Å². The fraction of sp³-hybridized carbons (Fsp3) is 0.250. The molecule has 0 aliphatic heterocycles. The molecule has 2 heterocycles. The van der Waals surface area contributed by atoms with Crippen LogP contribution < -0.4 is 5.32 Å². The lowest BCUT2D eigenvalue weighted by Crippen LogP contribution is -2.21. The number of carbonyl (C=O) groups excluding carboxylic acids is 1. The molecule has 3 rings (SSSR count). The van der Waals surface area contributed by atoms with Crippen LogP contribution in [0, 0.1) is 0 Å². The summed E-state index contributed by atoms with van der Waals surface area (Å²) < 4.78 is 0. The molecule has 0 saturated carbocycles. The minimum absolute atomic E-state index is 0.0738. The highest BCUT2D eigenvalue weighted by molar-refractivity contribution is 7.12. The molecule has 1 amide bonds. The van der Waals surface area contributed by atoms with E-state index in [1.165, 1.54) is 5.56 Å². The summed E-state index contributed by atoms with van der Waals surface area (Å²) in [5, 5.41) is 15.3. The van der Waals surface area contributed by atoms with Crippen molar-refractivity contribution in [2.24, 2.45) is 0 Å². The molecule has 3 nitrogen and oxygen atoms in total. The first-order valence-electron chi connectivity index (χ1n) is 8.33. The molecule has 1 atom stereocenters. The Morgan fingerprint density at radius 1 is 1.04 bits per heavy atom. The molecular formula is C20H21NO2S2. The van der Waals surface area contributed by atoms with Crippen LogP contribution in [0.4, 0.5) is 0 Å². The molecule has 5 heteroatoms. The lowest BCUT2D eigenvalue weighted by molar-refractivity contribution is -0.121.